The summed E-state index contributed by atoms with van der Waals surface area (Å²) in [5.41, 5.74) is 15.4. The van der Waals surface area contributed by atoms with Gasteiger partial charge in [-0.3, -0.25) is 10.4 Å². The lowest BCUT2D eigenvalue weighted by Crippen LogP contribution is -2.29. The molecule has 25 heavy (non-hydrogen) atoms. The van der Waals surface area contributed by atoms with Gasteiger partial charge in [-0.1, -0.05) is 36.4 Å². The molecule has 0 radical (unpaired) electrons. The van der Waals surface area contributed by atoms with Crippen LogP contribution in [0.1, 0.15) is 22.3 Å². The molecule has 0 unspecified atom stereocenters. The van der Waals surface area contributed by atoms with Gasteiger partial charge in [0.2, 0.25) is 10.0 Å². The summed E-state index contributed by atoms with van der Waals surface area (Å²) in [6, 6.07) is 13.9. The van der Waals surface area contributed by atoms with Crippen LogP contribution in [0.5, 0.6) is 0 Å². The van der Waals surface area contributed by atoms with Crippen LogP contribution in [0.3, 0.4) is 0 Å². The minimum absolute atomic E-state index is 0.282. The van der Waals surface area contributed by atoms with E-state index in [2.05, 4.69) is 16.2 Å². The van der Waals surface area contributed by atoms with Crippen molar-refractivity contribution in [2.75, 3.05) is 11.7 Å². The van der Waals surface area contributed by atoms with Gasteiger partial charge in [-0.05, 0) is 29.7 Å². The van der Waals surface area contributed by atoms with Crippen LogP contribution in [-0.4, -0.2) is 19.7 Å². The van der Waals surface area contributed by atoms with Crippen molar-refractivity contribution < 1.29 is 8.42 Å². The predicted molar refractivity (Wildman–Crippen MR) is 101 cm³/mol. The maximum absolute atomic E-state index is 11.2. The summed E-state index contributed by atoms with van der Waals surface area (Å²) < 4.78 is 24.9. The third kappa shape index (κ3) is 4.32. The molecule has 2 aromatic carbocycles. The topological polar surface area (TPSA) is 87.5 Å². The number of sulfonamides is 1. The molecule has 3 rings (SSSR count). The highest BCUT2D eigenvalue weighted by molar-refractivity contribution is 7.88. The fourth-order valence-corrected chi connectivity index (χ4v) is 3.24. The van der Waals surface area contributed by atoms with Crippen LogP contribution in [0.4, 0.5) is 5.69 Å². The van der Waals surface area contributed by atoms with E-state index in [4.69, 9.17) is 5.73 Å². The summed E-state index contributed by atoms with van der Waals surface area (Å²) in [7, 11) is -3.20. The van der Waals surface area contributed by atoms with Gasteiger partial charge < -0.3 is 5.73 Å². The van der Waals surface area contributed by atoms with E-state index in [-0.39, 0.29) is 6.54 Å². The molecule has 2 aromatic rings. The van der Waals surface area contributed by atoms with Crippen LogP contribution < -0.4 is 15.9 Å². The number of nitrogens with zero attached hydrogens (tertiary/aromatic N) is 1. The smallest absolute Gasteiger partial charge is 0.209 e. The third-order valence-corrected chi connectivity index (χ3v) is 4.73. The molecule has 6 nitrogen and oxygen atoms in total. The van der Waals surface area contributed by atoms with Crippen molar-refractivity contribution >= 4 is 21.4 Å². The Bertz CT molecular complexity index is 922. The lowest BCUT2D eigenvalue weighted by Gasteiger charge is -2.29. The Morgan fingerprint density at radius 2 is 1.96 bits per heavy atom. The highest BCUT2D eigenvalue weighted by Crippen LogP contribution is 2.25. The van der Waals surface area contributed by atoms with Crippen molar-refractivity contribution in [3.63, 3.8) is 0 Å². The number of hydrogen-bond acceptors (Lipinski definition) is 5. The molecule has 0 aromatic heterocycles. The van der Waals surface area contributed by atoms with Crippen molar-refractivity contribution in [3.05, 3.63) is 70.9 Å². The molecule has 0 amide bonds. The average molecular weight is 358 g/mol. The van der Waals surface area contributed by atoms with E-state index < -0.39 is 10.0 Å². The first-order chi connectivity index (χ1) is 11.8. The molecule has 0 saturated carbocycles. The summed E-state index contributed by atoms with van der Waals surface area (Å²) in [6.45, 7) is 2.98. The Labute approximate surface area is 148 Å². The molecular formula is C18H22N4O2S. The summed E-state index contributed by atoms with van der Waals surface area (Å²) in [4.78, 5) is 0. The standard InChI is InChI=1S/C18H22N4O2S/c1-13-9-14(10-20-25(2,23)24)7-8-18(13)21-22-11-15-5-3-4-6-16(15)17(19)12-22/h3-9,12,20-21H,10-11,19H2,1-2H3. The molecule has 1 aliphatic heterocycles. The minimum Gasteiger partial charge on any atom is -0.397 e. The zero-order chi connectivity index (χ0) is 18.0. The first kappa shape index (κ1) is 17.3. The zero-order valence-corrected chi connectivity index (χ0v) is 15.1. The number of nitrogens with one attached hydrogen (secondary N) is 2. The zero-order valence-electron chi connectivity index (χ0n) is 14.3. The van der Waals surface area contributed by atoms with Gasteiger partial charge in [0, 0.05) is 18.3 Å². The quantitative estimate of drug-likeness (QED) is 0.762. The van der Waals surface area contributed by atoms with Gasteiger partial charge in [0.25, 0.3) is 0 Å². The second kappa shape index (κ2) is 6.78. The summed E-state index contributed by atoms with van der Waals surface area (Å²) in [5, 5.41) is 1.95. The van der Waals surface area contributed by atoms with E-state index in [1.54, 1.807) is 0 Å². The lowest BCUT2D eigenvalue weighted by atomic mass is 10.0. The van der Waals surface area contributed by atoms with Gasteiger partial charge >= 0.3 is 0 Å². The van der Waals surface area contributed by atoms with Crippen molar-refractivity contribution in [2.45, 2.75) is 20.0 Å². The van der Waals surface area contributed by atoms with Crippen molar-refractivity contribution in [3.8, 4) is 0 Å². The van der Waals surface area contributed by atoms with Crippen LogP contribution in [0.15, 0.2) is 48.7 Å². The van der Waals surface area contributed by atoms with Crippen LogP contribution in [0.2, 0.25) is 0 Å². The fraction of sp³-hybridized carbons (Fsp3) is 0.222. The number of nitrogens with two attached hydrogens (primary N) is 1. The number of anilines is 1. The van der Waals surface area contributed by atoms with Crippen LogP contribution >= 0.6 is 0 Å². The van der Waals surface area contributed by atoms with Gasteiger partial charge in [0.15, 0.2) is 0 Å². The van der Waals surface area contributed by atoms with E-state index in [1.807, 2.05) is 54.5 Å². The van der Waals surface area contributed by atoms with Crippen LogP contribution in [0.25, 0.3) is 5.70 Å². The number of benzene rings is 2. The predicted octanol–water partition coefficient (Wildman–Crippen LogP) is 2.14. The molecule has 7 heteroatoms. The Morgan fingerprint density at radius 3 is 2.68 bits per heavy atom. The molecule has 0 aliphatic carbocycles. The monoisotopic (exact) mass is 358 g/mol. The summed E-state index contributed by atoms with van der Waals surface area (Å²) in [6.07, 6.45) is 3.04. The van der Waals surface area contributed by atoms with Gasteiger partial charge in [-0.15, -0.1) is 0 Å². The van der Waals surface area contributed by atoms with Gasteiger partial charge in [-0.2, -0.15) is 0 Å². The van der Waals surface area contributed by atoms with E-state index in [0.29, 0.717) is 6.54 Å². The number of hydrogen-bond donors (Lipinski definition) is 3. The average Bonchev–Trinajstić information content (AvgIpc) is 2.55. The third-order valence-electron chi connectivity index (χ3n) is 4.06. The summed E-state index contributed by atoms with van der Waals surface area (Å²) >= 11 is 0. The molecule has 0 atom stereocenters. The van der Waals surface area contributed by atoms with Crippen molar-refractivity contribution in [1.82, 2.24) is 9.73 Å². The van der Waals surface area contributed by atoms with Gasteiger partial charge in [0.1, 0.15) is 0 Å². The minimum atomic E-state index is -3.20. The molecule has 0 spiro atoms. The molecular weight excluding hydrogens is 336 g/mol. The summed E-state index contributed by atoms with van der Waals surface area (Å²) in [5.74, 6) is 0. The highest BCUT2D eigenvalue weighted by atomic mass is 32.2. The number of rotatable bonds is 5. The molecule has 132 valence electrons. The molecule has 0 saturated heterocycles. The second-order valence-electron chi connectivity index (χ2n) is 6.22. The molecule has 0 bridgehead atoms. The second-order valence-corrected chi connectivity index (χ2v) is 8.06. The van der Waals surface area contributed by atoms with Gasteiger partial charge in [-0.25, -0.2) is 13.1 Å². The molecule has 1 aliphatic rings. The lowest BCUT2D eigenvalue weighted by molar-refractivity contribution is 0.436. The first-order valence-corrected chi connectivity index (χ1v) is 9.84. The van der Waals surface area contributed by atoms with E-state index >= 15 is 0 Å². The first-order valence-electron chi connectivity index (χ1n) is 7.95. The largest absolute Gasteiger partial charge is 0.397 e. The normalized spacial score (nSPS) is 14.0. The van der Waals surface area contributed by atoms with Gasteiger partial charge in [0.05, 0.1) is 24.2 Å². The Morgan fingerprint density at radius 1 is 1.20 bits per heavy atom. The molecule has 4 N–H and O–H groups in total. The Kier molecular flexibility index (Phi) is 4.69. The Balaban J connectivity index is 1.73. The van der Waals surface area contributed by atoms with E-state index in [1.165, 1.54) is 5.56 Å². The van der Waals surface area contributed by atoms with Crippen molar-refractivity contribution in [1.29, 1.82) is 0 Å². The van der Waals surface area contributed by atoms with Crippen LogP contribution in [0, 0.1) is 6.92 Å². The molecule has 1 heterocycles. The highest BCUT2D eigenvalue weighted by Gasteiger charge is 2.15. The van der Waals surface area contributed by atoms with Crippen molar-refractivity contribution in [2.24, 2.45) is 5.73 Å². The maximum Gasteiger partial charge on any atom is 0.209 e. The number of hydrazine groups is 1. The SMILES string of the molecule is Cc1cc(CNS(C)(=O)=O)ccc1NN1C=C(N)c2ccccc2C1. The number of aryl methyl sites for hydroxylation is 1. The number of fused-ring (bicyclic) bond motifs is 1. The molecule has 0 fully saturated rings. The Hall–Kier alpha value is -2.51. The fourth-order valence-electron chi connectivity index (χ4n) is 2.81. The van der Waals surface area contributed by atoms with Crippen LogP contribution in [-0.2, 0) is 23.1 Å². The van der Waals surface area contributed by atoms with E-state index in [0.717, 1.165) is 34.3 Å². The maximum atomic E-state index is 11.2. The van der Waals surface area contributed by atoms with E-state index in [9.17, 15) is 8.42 Å².